The smallest absolute Gasteiger partial charge is 0.244 e. The lowest BCUT2D eigenvalue weighted by Crippen LogP contribution is -2.53. The van der Waals surface area contributed by atoms with E-state index in [1.54, 1.807) is 49.6 Å². The van der Waals surface area contributed by atoms with Gasteiger partial charge in [0.05, 0.1) is 24.1 Å². The number of anilines is 1. The molecule has 3 aromatic carbocycles. The number of sulfonamides is 1. The fourth-order valence-electron chi connectivity index (χ4n) is 4.28. The van der Waals surface area contributed by atoms with Crippen LogP contribution >= 0.6 is 11.6 Å². The number of unbranched alkanes of at least 4 members (excludes halogenated alkanes) is 1. The van der Waals surface area contributed by atoms with Crippen LogP contribution in [0.25, 0.3) is 0 Å². The Morgan fingerprint density at radius 1 is 0.975 bits per heavy atom. The number of benzene rings is 3. The normalized spacial score (nSPS) is 11.9. The van der Waals surface area contributed by atoms with Crippen molar-refractivity contribution in [3.8, 4) is 5.75 Å². The minimum absolute atomic E-state index is 0.0643. The Balaban J connectivity index is 2.05. The van der Waals surface area contributed by atoms with Crippen molar-refractivity contribution in [3.05, 3.63) is 95.0 Å². The third kappa shape index (κ3) is 8.72. The predicted octanol–water partition coefficient (Wildman–Crippen LogP) is 4.67. The third-order valence-corrected chi connectivity index (χ3v) is 7.83. The molecule has 40 heavy (non-hydrogen) atoms. The molecule has 0 aliphatic rings. The van der Waals surface area contributed by atoms with E-state index in [-0.39, 0.29) is 29.6 Å². The van der Waals surface area contributed by atoms with E-state index in [4.69, 9.17) is 16.3 Å². The molecule has 0 heterocycles. The molecule has 3 rings (SSSR count). The van der Waals surface area contributed by atoms with Gasteiger partial charge in [0, 0.05) is 19.5 Å². The number of nitrogens with zero attached hydrogens (tertiary/aromatic N) is 2. The lowest BCUT2D eigenvalue weighted by atomic mass is 10.0. The van der Waals surface area contributed by atoms with Gasteiger partial charge in [-0.3, -0.25) is 13.9 Å². The largest absolute Gasteiger partial charge is 0.497 e. The average Bonchev–Trinajstić information content (AvgIpc) is 2.94. The number of halogens is 1. The molecule has 0 radical (unpaired) electrons. The van der Waals surface area contributed by atoms with Crippen LogP contribution < -0.4 is 14.4 Å². The van der Waals surface area contributed by atoms with Crippen LogP contribution in [0.3, 0.4) is 0 Å². The van der Waals surface area contributed by atoms with Crippen LogP contribution in [0.1, 0.15) is 30.9 Å². The highest BCUT2D eigenvalue weighted by molar-refractivity contribution is 7.92. The first-order chi connectivity index (χ1) is 19.1. The van der Waals surface area contributed by atoms with Gasteiger partial charge in [0.2, 0.25) is 21.8 Å². The quantitative estimate of drug-likeness (QED) is 0.277. The van der Waals surface area contributed by atoms with Gasteiger partial charge >= 0.3 is 0 Å². The van der Waals surface area contributed by atoms with E-state index >= 15 is 0 Å². The van der Waals surface area contributed by atoms with E-state index in [9.17, 15) is 18.0 Å². The number of methoxy groups -OCH3 is 1. The fraction of sp³-hybridized carbons (Fsp3) is 0.333. The molecule has 10 heteroatoms. The molecule has 1 atom stereocenters. The molecular weight excluding hydrogens is 550 g/mol. The van der Waals surface area contributed by atoms with Gasteiger partial charge in [0.15, 0.2) is 0 Å². The summed E-state index contributed by atoms with van der Waals surface area (Å²) in [5.74, 6) is -0.248. The summed E-state index contributed by atoms with van der Waals surface area (Å²) in [6, 6.07) is 22.2. The van der Waals surface area contributed by atoms with Crippen molar-refractivity contribution in [2.45, 2.75) is 38.8 Å². The van der Waals surface area contributed by atoms with E-state index in [2.05, 4.69) is 5.32 Å². The monoisotopic (exact) mass is 585 g/mol. The van der Waals surface area contributed by atoms with E-state index in [0.717, 1.165) is 34.5 Å². The van der Waals surface area contributed by atoms with Gasteiger partial charge in [-0.15, -0.1) is 0 Å². The second kappa shape index (κ2) is 14.7. The van der Waals surface area contributed by atoms with Crippen molar-refractivity contribution in [1.82, 2.24) is 10.2 Å². The first kappa shape index (κ1) is 31.0. The number of amides is 2. The van der Waals surface area contributed by atoms with Crippen LogP contribution in [0, 0.1) is 0 Å². The SMILES string of the molecule is CCCCNC(=O)[C@@H](Cc1ccccc1)N(Cc1cccc(OC)c1)C(=O)CN(c1ccccc1Cl)S(C)(=O)=O. The number of rotatable bonds is 14. The van der Waals surface area contributed by atoms with Crippen LogP contribution in [-0.2, 0) is 32.6 Å². The van der Waals surface area contributed by atoms with Gasteiger partial charge in [-0.05, 0) is 41.8 Å². The maximum absolute atomic E-state index is 14.1. The summed E-state index contributed by atoms with van der Waals surface area (Å²) in [6.07, 6.45) is 2.97. The molecule has 0 aliphatic carbocycles. The Kier molecular flexibility index (Phi) is 11.4. The molecule has 0 aliphatic heterocycles. The van der Waals surface area contributed by atoms with Crippen LogP contribution in [0.15, 0.2) is 78.9 Å². The Morgan fingerprint density at radius 2 is 1.65 bits per heavy atom. The van der Waals surface area contributed by atoms with Crippen LogP contribution in [-0.4, -0.2) is 57.6 Å². The van der Waals surface area contributed by atoms with E-state index in [1.165, 1.54) is 4.90 Å². The zero-order valence-electron chi connectivity index (χ0n) is 23.0. The molecule has 1 N–H and O–H groups in total. The highest BCUT2D eigenvalue weighted by Gasteiger charge is 2.33. The number of carbonyl (C=O) groups excluding carboxylic acids is 2. The molecule has 0 saturated heterocycles. The molecule has 0 fully saturated rings. The van der Waals surface area contributed by atoms with E-state index < -0.39 is 28.5 Å². The molecule has 0 spiro atoms. The minimum atomic E-state index is -3.89. The summed E-state index contributed by atoms with van der Waals surface area (Å²) in [6.45, 7) is 2.03. The van der Waals surface area contributed by atoms with Crippen LogP contribution in [0.2, 0.25) is 5.02 Å². The summed E-state index contributed by atoms with van der Waals surface area (Å²) in [7, 11) is -2.34. The summed E-state index contributed by atoms with van der Waals surface area (Å²) in [5.41, 5.74) is 1.79. The van der Waals surface area contributed by atoms with E-state index in [0.29, 0.717) is 12.3 Å². The zero-order valence-corrected chi connectivity index (χ0v) is 24.6. The van der Waals surface area contributed by atoms with Crippen LogP contribution in [0.4, 0.5) is 5.69 Å². The number of carbonyl (C=O) groups is 2. The fourth-order valence-corrected chi connectivity index (χ4v) is 5.43. The minimum Gasteiger partial charge on any atom is -0.497 e. The van der Waals surface area contributed by atoms with Crippen molar-refractivity contribution >= 4 is 39.1 Å². The first-order valence-corrected chi connectivity index (χ1v) is 15.3. The number of hydrogen-bond donors (Lipinski definition) is 1. The summed E-state index contributed by atoms with van der Waals surface area (Å²) in [4.78, 5) is 29.1. The number of para-hydroxylation sites is 1. The number of ether oxygens (including phenoxy) is 1. The summed E-state index contributed by atoms with van der Waals surface area (Å²) < 4.78 is 32.0. The predicted molar refractivity (Wildman–Crippen MR) is 159 cm³/mol. The second-order valence-corrected chi connectivity index (χ2v) is 11.8. The summed E-state index contributed by atoms with van der Waals surface area (Å²) >= 11 is 6.33. The topological polar surface area (TPSA) is 96.0 Å². The molecule has 214 valence electrons. The van der Waals surface area contributed by atoms with Crippen LogP contribution in [0.5, 0.6) is 5.75 Å². The molecule has 2 amide bonds. The van der Waals surface area contributed by atoms with E-state index in [1.807, 2.05) is 43.3 Å². The number of nitrogens with one attached hydrogen (secondary N) is 1. The number of hydrogen-bond acceptors (Lipinski definition) is 5. The van der Waals surface area contributed by atoms with Crippen molar-refractivity contribution < 1.29 is 22.7 Å². The maximum atomic E-state index is 14.1. The molecule has 0 bridgehead atoms. The molecule has 0 saturated carbocycles. The maximum Gasteiger partial charge on any atom is 0.244 e. The highest BCUT2D eigenvalue weighted by atomic mass is 35.5. The van der Waals surface area contributed by atoms with Crippen molar-refractivity contribution in [2.24, 2.45) is 0 Å². The van der Waals surface area contributed by atoms with Gasteiger partial charge in [-0.2, -0.15) is 0 Å². The molecule has 0 unspecified atom stereocenters. The average molecular weight is 586 g/mol. The molecule has 3 aromatic rings. The lowest BCUT2D eigenvalue weighted by molar-refractivity contribution is -0.140. The molecule has 8 nitrogen and oxygen atoms in total. The first-order valence-electron chi connectivity index (χ1n) is 13.1. The molecule has 0 aromatic heterocycles. The lowest BCUT2D eigenvalue weighted by Gasteiger charge is -2.33. The van der Waals surface area contributed by atoms with Gasteiger partial charge in [-0.25, -0.2) is 8.42 Å². The second-order valence-electron chi connectivity index (χ2n) is 9.44. The Labute approximate surface area is 241 Å². The highest BCUT2D eigenvalue weighted by Crippen LogP contribution is 2.28. The molecular formula is C30H36ClN3O5S. The van der Waals surface area contributed by atoms with Crippen molar-refractivity contribution in [2.75, 3.05) is 30.8 Å². The van der Waals surface area contributed by atoms with Crippen molar-refractivity contribution in [1.29, 1.82) is 0 Å². The Bertz CT molecular complexity index is 1380. The Morgan fingerprint density at radius 3 is 2.30 bits per heavy atom. The zero-order chi connectivity index (χ0) is 29.1. The van der Waals surface area contributed by atoms with Gasteiger partial charge < -0.3 is 15.0 Å². The third-order valence-electron chi connectivity index (χ3n) is 6.39. The summed E-state index contributed by atoms with van der Waals surface area (Å²) in [5, 5.41) is 3.15. The van der Waals surface area contributed by atoms with Gasteiger partial charge in [0.1, 0.15) is 18.3 Å². The Hall–Kier alpha value is -3.56. The van der Waals surface area contributed by atoms with Gasteiger partial charge in [0.25, 0.3) is 0 Å². The van der Waals surface area contributed by atoms with Gasteiger partial charge in [-0.1, -0.05) is 79.5 Å². The standard InChI is InChI=1S/C30H36ClN3O5S/c1-4-5-18-32-30(36)28(20-23-12-7-6-8-13-23)33(21-24-14-11-15-25(19-24)39-2)29(35)22-34(40(3,37)38)27-17-10-9-16-26(27)31/h6-17,19,28H,4-5,18,20-22H2,1-3H3,(H,32,36)/t28-/m1/s1. The van der Waals surface area contributed by atoms with Crippen molar-refractivity contribution in [3.63, 3.8) is 0 Å².